The van der Waals surface area contributed by atoms with E-state index in [0.29, 0.717) is 0 Å². The summed E-state index contributed by atoms with van der Waals surface area (Å²) in [7, 11) is 1.53. The Labute approximate surface area is 189 Å². The molecule has 1 aliphatic carbocycles. The number of hydrogen-bond acceptors (Lipinski definition) is 5. The van der Waals surface area contributed by atoms with Crippen molar-refractivity contribution in [1.29, 1.82) is 0 Å². The minimum atomic E-state index is -1.23. The quantitative estimate of drug-likeness (QED) is 0.639. The molecule has 2 amide bonds. The number of imidazole rings is 1. The lowest BCUT2D eigenvalue weighted by atomic mass is 10.1. The molecule has 1 aromatic heterocycles. The standard InChI is InChI=1S/C22H28F2N4O5/c1-22(2,3)33-21(32)27(4)11-7-14(28(8-11)20(30)31)19-25-17-15(23)12-5-10(9-29)6-13(12)16(24)18(17)26-19/h10-11,14,29H,5-9H2,1-4H3,(H,25,26)(H,30,31). The molecule has 0 radical (unpaired) electrons. The number of aromatic amines is 1. The van der Waals surface area contributed by atoms with Gasteiger partial charge in [0.2, 0.25) is 0 Å². The molecule has 0 saturated carbocycles. The topological polar surface area (TPSA) is 119 Å². The van der Waals surface area contributed by atoms with Gasteiger partial charge in [0.25, 0.3) is 0 Å². The van der Waals surface area contributed by atoms with Crippen LogP contribution in [-0.2, 0) is 17.6 Å². The van der Waals surface area contributed by atoms with E-state index in [1.54, 1.807) is 20.8 Å². The SMILES string of the molecule is CN(C(=O)OC(C)(C)C)C1CC(c2nc3c(F)c4c(c(F)c3[nH]2)CC(CO)C4)N(C(=O)O)C1. The van der Waals surface area contributed by atoms with Crippen LogP contribution >= 0.6 is 0 Å². The van der Waals surface area contributed by atoms with Gasteiger partial charge in [0.1, 0.15) is 22.5 Å². The number of hydrogen-bond donors (Lipinski definition) is 3. The highest BCUT2D eigenvalue weighted by Gasteiger charge is 2.42. The number of benzene rings is 1. The van der Waals surface area contributed by atoms with Crippen molar-refractivity contribution in [3.05, 3.63) is 28.6 Å². The van der Waals surface area contributed by atoms with Crippen LogP contribution in [0.3, 0.4) is 0 Å². The highest BCUT2D eigenvalue weighted by atomic mass is 19.1. The number of nitrogens with zero attached hydrogens (tertiary/aromatic N) is 3. The van der Waals surface area contributed by atoms with Gasteiger partial charge in [0, 0.05) is 20.2 Å². The van der Waals surface area contributed by atoms with Crippen molar-refractivity contribution in [3.8, 4) is 0 Å². The number of rotatable bonds is 3. The maximum absolute atomic E-state index is 15.2. The molecule has 0 spiro atoms. The molecule has 1 aliphatic heterocycles. The first-order valence-electron chi connectivity index (χ1n) is 10.9. The van der Waals surface area contributed by atoms with Crippen LogP contribution in [0.15, 0.2) is 0 Å². The van der Waals surface area contributed by atoms with Gasteiger partial charge < -0.3 is 24.8 Å². The van der Waals surface area contributed by atoms with Gasteiger partial charge in [-0.2, -0.15) is 0 Å². The number of amides is 2. The van der Waals surface area contributed by atoms with Crippen LogP contribution in [0.5, 0.6) is 0 Å². The van der Waals surface area contributed by atoms with Gasteiger partial charge in [-0.3, -0.25) is 4.90 Å². The van der Waals surface area contributed by atoms with Crippen molar-refractivity contribution in [2.24, 2.45) is 5.92 Å². The minimum absolute atomic E-state index is 0.00638. The molecule has 1 saturated heterocycles. The Hall–Kier alpha value is -2.95. The molecule has 33 heavy (non-hydrogen) atoms. The molecule has 3 unspecified atom stereocenters. The van der Waals surface area contributed by atoms with E-state index < -0.39 is 41.5 Å². The summed E-state index contributed by atoms with van der Waals surface area (Å²) in [4.78, 5) is 33.9. The number of carbonyl (C=O) groups excluding carboxylic acids is 1. The molecule has 180 valence electrons. The smallest absolute Gasteiger partial charge is 0.410 e. The molecular formula is C22H28F2N4O5. The van der Waals surface area contributed by atoms with Crippen molar-refractivity contribution in [3.63, 3.8) is 0 Å². The van der Waals surface area contributed by atoms with Crippen LogP contribution in [0.1, 0.15) is 50.2 Å². The van der Waals surface area contributed by atoms with Crippen LogP contribution in [0.2, 0.25) is 0 Å². The number of ether oxygens (including phenoxy) is 1. The maximum atomic E-state index is 15.2. The van der Waals surface area contributed by atoms with Gasteiger partial charge >= 0.3 is 12.2 Å². The summed E-state index contributed by atoms with van der Waals surface area (Å²) in [6.45, 7) is 5.04. The molecule has 11 heteroatoms. The summed E-state index contributed by atoms with van der Waals surface area (Å²) >= 11 is 0. The first-order chi connectivity index (χ1) is 15.4. The Bertz CT molecular complexity index is 1060. The second-order valence-corrected chi connectivity index (χ2v) is 9.82. The van der Waals surface area contributed by atoms with Gasteiger partial charge in [-0.25, -0.2) is 23.4 Å². The van der Waals surface area contributed by atoms with E-state index >= 15 is 8.78 Å². The average molecular weight is 466 g/mol. The predicted octanol–water partition coefficient (Wildman–Crippen LogP) is 3.21. The van der Waals surface area contributed by atoms with Crippen LogP contribution in [0, 0.1) is 17.6 Å². The predicted molar refractivity (Wildman–Crippen MR) is 114 cm³/mol. The fourth-order valence-electron chi connectivity index (χ4n) is 4.68. The molecular weight excluding hydrogens is 438 g/mol. The van der Waals surface area contributed by atoms with Crippen LogP contribution in [-0.4, -0.2) is 74.0 Å². The number of aliphatic hydroxyl groups excluding tert-OH is 1. The highest BCUT2D eigenvalue weighted by molar-refractivity contribution is 5.80. The lowest BCUT2D eigenvalue weighted by Gasteiger charge is -2.28. The zero-order valence-corrected chi connectivity index (χ0v) is 19.0. The van der Waals surface area contributed by atoms with E-state index in [1.165, 1.54) is 11.9 Å². The lowest BCUT2D eigenvalue weighted by molar-refractivity contribution is 0.0228. The molecule has 2 aliphatic rings. The van der Waals surface area contributed by atoms with E-state index in [1.807, 2.05) is 0 Å². The number of aromatic nitrogens is 2. The molecule has 4 rings (SSSR count). The number of carboxylic acid groups (broad SMARTS) is 1. The molecule has 2 aromatic rings. The maximum Gasteiger partial charge on any atom is 0.410 e. The average Bonchev–Trinajstić information content (AvgIpc) is 3.46. The fourth-order valence-corrected chi connectivity index (χ4v) is 4.68. The first-order valence-corrected chi connectivity index (χ1v) is 10.9. The summed E-state index contributed by atoms with van der Waals surface area (Å²) in [6, 6.07) is -1.32. The largest absolute Gasteiger partial charge is 0.465 e. The summed E-state index contributed by atoms with van der Waals surface area (Å²) in [5.74, 6) is -1.40. The normalized spacial score (nSPS) is 21.0. The Morgan fingerprint density at radius 1 is 1.24 bits per heavy atom. The molecule has 0 bridgehead atoms. The highest BCUT2D eigenvalue weighted by Crippen LogP contribution is 2.38. The van der Waals surface area contributed by atoms with E-state index in [4.69, 9.17) is 4.74 Å². The zero-order valence-electron chi connectivity index (χ0n) is 19.0. The van der Waals surface area contributed by atoms with E-state index in [-0.39, 0.29) is 66.3 Å². The van der Waals surface area contributed by atoms with Crippen molar-refractivity contribution in [2.75, 3.05) is 20.2 Å². The number of H-pyrrole nitrogens is 1. The Morgan fingerprint density at radius 3 is 2.45 bits per heavy atom. The van der Waals surface area contributed by atoms with Crippen molar-refractivity contribution >= 4 is 23.2 Å². The molecule has 1 aromatic carbocycles. The number of halogens is 2. The fraction of sp³-hybridized carbons (Fsp3) is 0.591. The Kier molecular flexibility index (Phi) is 5.71. The number of aliphatic hydroxyl groups is 1. The Balaban J connectivity index is 1.66. The van der Waals surface area contributed by atoms with Crippen molar-refractivity contribution < 1.29 is 33.3 Å². The van der Waals surface area contributed by atoms with Gasteiger partial charge in [-0.05, 0) is 57.1 Å². The van der Waals surface area contributed by atoms with Gasteiger partial charge in [-0.15, -0.1) is 0 Å². The van der Waals surface area contributed by atoms with E-state index in [9.17, 15) is 19.8 Å². The molecule has 9 nitrogen and oxygen atoms in total. The summed E-state index contributed by atoms with van der Waals surface area (Å²) in [6.07, 6.45) is -1.17. The van der Waals surface area contributed by atoms with Gasteiger partial charge in [-0.1, -0.05) is 0 Å². The third-order valence-corrected chi connectivity index (χ3v) is 6.36. The minimum Gasteiger partial charge on any atom is -0.465 e. The molecule has 2 heterocycles. The number of likely N-dealkylation sites (N-methyl/N-ethyl adjacent to an activating group) is 1. The van der Waals surface area contributed by atoms with Gasteiger partial charge in [0.15, 0.2) is 11.6 Å². The number of carbonyl (C=O) groups is 2. The third kappa shape index (κ3) is 4.09. The lowest BCUT2D eigenvalue weighted by Crippen LogP contribution is -2.42. The van der Waals surface area contributed by atoms with Crippen LogP contribution in [0.25, 0.3) is 11.0 Å². The molecule has 1 fully saturated rings. The van der Waals surface area contributed by atoms with E-state index in [2.05, 4.69) is 9.97 Å². The van der Waals surface area contributed by atoms with Crippen molar-refractivity contribution in [1.82, 2.24) is 19.8 Å². The number of fused-ring (bicyclic) bond motifs is 2. The Morgan fingerprint density at radius 2 is 1.88 bits per heavy atom. The van der Waals surface area contributed by atoms with Gasteiger partial charge in [0.05, 0.1) is 12.1 Å². The molecule has 3 atom stereocenters. The number of likely N-dealkylation sites (tertiary alicyclic amines) is 1. The summed E-state index contributed by atoms with van der Waals surface area (Å²) in [5.41, 5.74) is -0.582. The summed E-state index contributed by atoms with van der Waals surface area (Å²) in [5, 5.41) is 19.1. The van der Waals surface area contributed by atoms with Crippen LogP contribution < -0.4 is 0 Å². The third-order valence-electron chi connectivity index (χ3n) is 6.36. The number of nitrogens with one attached hydrogen (secondary N) is 1. The first kappa shape index (κ1) is 23.2. The van der Waals surface area contributed by atoms with Crippen LogP contribution in [0.4, 0.5) is 18.4 Å². The monoisotopic (exact) mass is 466 g/mol. The molecule has 3 N–H and O–H groups in total. The van der Waals surface area contributed by atoms with E-state index in [0.717, 1.165) is 4.90 Å². The second kappa shape index (κ2) is 8.12. The second-order valence-electron chi connectivity index (χ2n) is 9.82. The zero-order chi connectivity index (χ0) is 24.2. The van der Waals surface area contributed by atoms with Crippen molar-refractivity contribution in [2.45, 2.75) is 57.7 Å². The summed E-state index contributed by atoms with van der Waals surface area (Å²) < 4.78 is 35.7.